The molecule has 0 bridgehead atoms. The molecule has 0 fully saturated rings. The van der Waals surface area contributed by atoms with Gasteiger partial charge in [-0.1, -0.05) is 48.5 Å². The van der Waals surface area contributed by atoms with Crippen LogP contribution >= 0.6 is 0 Å². The van der Waals surface area contributed by atoms with Crippen molar-refractivity contribution in [1.29, 1.82) is 0 Å². The largest absolute Gasteiger partial charge is 0.351 e. The van der Waals surface area contributed by atoms with Gasteiger partial charge in [0.25, 0.3) is 11.8 Å². The van der Waals surface area contributed by atoms with Crippen LogP contribution in [0.4, 0.5) is 10.1 Å². The lowest BCUT2D eigenvalue weighted by Crippen LogP contribution is -2.42. The number of amides is 2. The Morgan fingerprint density at radius 1 is 0.976 bits per heavy atom. The molecule has 3 aromatic carbocycles. The summed E-state index contributed by atoms with van der Waals surface area (Å²) in [4.78, 5) is 36.3. The second-order valence-corrected chi connectivity index (χ2v) is 9.68. The summed E-state index contributed by atoms with van der Waals surface area (Å²) in [5.41, 5.74) is 4.13. The van der Waals surface area contributed by atoms with Crippen molar-refractivity contribution >= 4 is 39.8 Å². The van der Waals surface area contributed by atoms with Crippen LogP contribution in [0.5, 0.6) is 0 Å². The molecule has 2 amide bonds. The Balaban J connectivity index is 1.33. The predicted octanol–water partition coefficient (Wildman–Crippen LogP) is 4.57. The van der Waals surface area contributed by atoms with Crippen LogP contribution in [-0.4, -0.2) is 42.9 Å². The minimum absolute atomic E-state index is 0.00588. The molecular formula is C31H22FN7O2. The molecule has 1 aliphatic rings. The van der Waals surface area contributed by atoms with Gasteiger partial charge in [0.15, 0.2) is 5.65 Å². The van der Waals surface area contributed by atoms with Crippen molar-refractivity contribution in [3.05, 3.63) is 120 Å². The van der Waals surface area contributed by atoms with E-state index in [1.165, 1.54) is 10.6 Å². The Morgan fingerprint density at radius 2 is 1.83 bits per heavy atom. The Hall–Kier alpha value is -5.64. The number of benzodiazepines with no additional fused rings is 1. The molecule has 0 saturated carbocycles. The fraction of sp³-hybridized carbons (Fsp3) is 0.0645. The minimum Gasteiger partial charge on any atom is -0.351 e. The minimum atomic E-state index is -1.35. The number of anilines is 1. The maximum absolute atomic E-state index is 14.9. The van der Waals surface area contributed by atoms with Gasteiger partial charge in [0.05, 0.1) is 11.4 Å². The number of nitrogens with one attached hydrogen (secondary N) is 2. The van der Waals surface area contributed by atoms with Gasteiger partial charge in [-0.3, -0.25) is 9.59 Å². The molecule has 0 spiro atoms. The van der Waals surface area contributed by atoms with Gasteiger partial charge in [0.1, 0.15) is 17.1 Å². The maximum Gasteiger partial charge on any atom is 0.269 e. The van der Waals surface area contributed by atoms with Crippen molar-refractivity contribution in [1.82, 2.24) is 24.5 Å². The molecule has 6 aromatic rings. The van der Waals surface area contributed by atoms with Gasteiger partial charge in [-0.15, -0.1) is 0 Å². The van der Waals surface area contributed by atoms with Crippen LogP contribution in [0.2, 0.25) is 0 Å². The first-order chi connectivity index (χ1) is 20.0. The maximum atomic E-state index is 14.9. The summed E-state index contributed by atoms with van der Waals surface area (Å²) in [7, 11) is 1.96. The molecule has 0 aliphatic carbocycles. The van der Waals surface area contributed by atoms with Crippen molar-refractivity contribution in [3.8, 4) is 11.3 Å². The topological polar surface area (TPSA) is 106 Å². The van der Waals surface area contributed by atoms with Gasteiger partial charge >= 0.3 is 0 Å². The highest BCUT2D eigenvalue weighted by Gasteiger charge is 2.31. The Kier molecular flexibility index (Phi) is 5.67. The number of aliphatic imine (C=N–C) groups is 1. The van der Waals surface area contributed by atoms with E-state index in [1.54, 1.807) is 30.6 Å². The lowest BCUT2D eigenvalue weighted by atomic mass is 10.0. The fourth-order valence-electron chi connectivity index (χ4n) is 5.14. The van der Waals surface area contributed by atoms with Crippen LogP contribution in [0, 0.1) is 5.82 Å². The van der Waals surface area contributed by atoms with E-state index in [2.05, 4.69) is 25.7 Å². The molecule has 0 radical (unpaired) electrons. The van der Waals surface area contributed by atoms with Crippen LogP contribution in [0.1, 0.15) is 21.5 Å². The molecule has 7 rings (SSSR count). The van der Waals surface area contributed by atoms with Gasteiger partial charge in [-0.25, -0.2) is 18.9 Å². The monoisotopic (exact) mass is 543 g/mol. The van der Waals surface area contributed by atoms with E-state index < -0.39 is 23.8 Å². The van der Waals surface area contributed by atoms with E-state index >= 15 is 0 Å². The van der Waals surface area contributed by atoms with Crippen molar-refractivity contribution in [3.63, 3.8) is 0 Å². The number of rotatable bonds is 4. The summed E-state index contributed by atoms with van der Waals surface area (Å²) in [6, 6.07) is 23.1. The number of fused-ring (bicyclic) bond motifs is 3. The summed E-state index contributed by atoms with van der Waals surface area (Å²) < 4.78 is 18.4. The van der Waals surface area contributed by atoms with E-state index in [0.717, 1.165) is 10.9 Å². The summed E-state index contributed by atoms with van der Waals surface area (Å²) >= 11 is 0. The van der Waals surface area contributed by atoms with Crippen LogP contribution in [0.15, 0.2) is 102 Å². The fourth-order valence-corrected chi connectivity index (χ4v) is 5.14. The number of para-hydroxylation sites is 1. The standard InChI is InChI=1S/C31H22FN7O2/c1-38-16-13-19-17-20(11-12-23(19)38)26-24(29-33-14-6-15-39(29)37-26)30(40)36-28-31(41)35-27-21(9-5-10-22(27)32)25(34-28)18-7-3-2-4-8-18/h2-17,28H,1H3,(H,35,41)(H,36,40)/t28-/m1/s1. The highest BCUT2D eigenvalue weighted by atomic mass is 19.1. The molecule has 3 aromatic heterocycles. The molecule has 9 nitrogen and oxygen atoms in total. The van der Waals surface area contributed by atoms with E-state index in [9.17, 15) is 14.0 Å². The highest BCUT2D eigenvalue weighted by Crippen LogP contribution is 2.30. The molecule has 2 N–H and O–H groups in total. The number of carbonyl (C=O) groups is 2. The highest BCUT2D eigenvalue weighted by molar-refractivity contribution is 6.20. The van der Waals surface area contributed by atoms with E-state index in [-0.39, 0.29) is 11.3 Å². The molecule has 1 atom stereocenters. The normalized spacial score (nSPS) is 14.8. The first-order valence-corrected chi connectivity index (χ1v) is 12.9. The van der Waals surface area contributed by atoms with Crippen LogP contribution in [0.25, 0.3) is 27.8 Å². The predicted molar refractivity (Wildman–Crippen MR) is 153 cm³/mol. The number of carbonyl (C=O) groups excluding carboxylic acids is 2. The number of aryl methyl sites for hydroxylation is 1. The number of nitrogens with zero attached hydrogens (tertiary/aromatic N) is 5. The quantitative estimate of drug-likeness (QED) is 0.340. The van der Waals surface area contributed by atoms with Crippen molar-refractivity contribution in [2.45, 2.75) is 6.17 Å². The summed E-state index contributed by atoms with van der Waals surface area (Å²) in [6.07, 6.45) is 3.88. The Bertz CT molecular complexity index is 2030. The third kappa shape index (κ3) is 4.13. The SMILES string of the molecule is Cn1ccc2cc(-c3nn4cccnc4c3C(=O)N[C@H]3N=C(c4ccccc4)c4cccc(F)c4NC3=O)ccc21. The van der Waals surface area contributed by atoms with Crippen molar-refractivity contribution in [2.24, 2.45) is 12.0 Å². The lowest BCUT2D eigenvalue weighted by molar-refractivity contribution is -0.117. The second kappa shape index (κ2) is 9.53. The zero-order valence-corrected chi connectivity index (χ0v) is 21.7. The molecule has 1 aliphatic heterocycles. The first-order valence-electron chi connectivity index (χ1n) is 12.9. The molecule has 0 saturated heterocycles. The van der Waals surface area contributed by atoms with Gasteiger partial charge in [0, 0.05) is 53.2 Å². The Labute approximate surface area is 233 Å². The zero-order valence-electron chi connectivity index (χ0n) is 21.7. The number of hydrogen-bond acceptors (Lipinski definition) is 5. The summed E-state index contributed by atoms with van der Waals surface area (Å²) in [5, 5.41) is 11.0. The lowest BCUT2D eigenvalue weighted by Gasteiger charge is -2.13. The first kappa shape index (κ1) is 24.4. The molecule has 41 heavy (non-hydrogen) atoms. The van der Waals surface area contributed by atoms with Crippen molar-refractivity contribution < 1.29 is 14.0 Å². The third-order valence-corrected chi connectivity index (χ3v) is 7.12. The number of aromatic nitrogens is 4. The van der Waals surface area contributed by atoms with Crippen LogP contribution in [0.3, 0.4) is 0 Å². The second-order valence-electron chi connectivity index (χ2n) is 9.68. The number of halogens is 1. The van der Waals surface area contributed by atoms with Crippen molar-refractivity contribution in [2.75, 3.05) is 5.32 Å². The smallest absolute Gasteiger partial charge is 0.269 e. The zero-order chi connectivity index (χ0) is 28.1. The molecule has 4 heterocycles. The van der Waals surface area contributed by atoms with E-state index in [4.69, 9.17) is 0 Å². The van der Waals surface area contributed by atoms with Gasteiger partial charge in [0.2, 0.25) is 6.17 Å². The van der Waals surface area contributed by atoms with E-state index in [0.29, 0.717) is 33.7 Å². The van der Waals surface area contributed by atoms with Crippen LogP contribution < -0.4 is 10.6 Å². The third-order valence-electron chi connectivity index (χ3n) is 7.12. The molecule has 0 unspecified atom stereocenters. The summed E-state index contributed by atoms with van der Waals surface area (Å²) in [6.45, 7) is 0. The van der Waals surface area contributed by atoms with E-state index in [1.807, 2.05) is 72.4 Å². The van der Waals surface area contributed by atoms with Gasteiger partial charge < -0.3 is 15.2 Å². The van der Waals surface area contributed by atoms with Gasteiger partial charge in [-0.2, -0.15) is 5.10 Å². The molecule has 200 valence electrons. The molecule has 10 heteroatoms. The average molecular weight is 544 g/mol. The molecular weight excluding hydrogens is 521 g/mol. The Morgan fingerprint density at radius 3 is 2.68 bits per heavy atom. The number of hydrogen-bond donors (Lipinski definition) is 2. The summed E-state index contributed by atoms with van der Waals surface area (Å²) in [5.74, 6) is -1.87. The van der Waals surface area contributed by atoms with Crippen LogP contribution in [-0.2, 0) is 11.8 Å². The number of benzene rings is 3. The van der Waals surface area contributed by atoms with Gasteiger partial charge in [-0.05, 0) is 30.3 Å². The average Bonchev–Trinajstić information content (AvgIpc) is 3.53.